The summed E-state index contributed by atoms with van der Waals surface area (Å²) in [4.78, 5) is 35.7. The van der Waals surface area contributed by atoms with E-state index in [1.807, 2.05) is 38.1 Å². The van der Waals surface area contributed by atoms with Crippen molar-refractivity contribution in [2.75, 3.05) is 0 Å². The molecule has 1 fully saturated rings. The van der Waals surface area contributed by atoms with Crippen molar-refractivity contribution in [1.29, 1.82) is 0 Å². The Labute approximate surface area is 174 Å². The lowest BCUT2D eigenvalue weighted by Gasteiger charge is -2.25. The van der Waals surface area contributed by atoms with Gasteiger partial charge in [0.25, 0.3) is 11.7 Å². The summed E-state index contributed by atoms with van der Waals surface area (Å²) in [6.07, 6.45) is 6.53. The van der Waals surface area contributed by atoms with Crippen LogP contribution in [0.5, 0.6) is 0 Å². The quantitative estimate of drug-likeness (QED) is 0.411. The molecule has 1 aliphatic heterocycles. The Morgan fingerprint density at radius 3 is 2.50 bits per heavy atom. The summed E-state index contributed by atoms with van der Waals surface area (Å²) < 4.78 is 0. The van der Waals surface area contributed by atoms with Gasteiger partial charge in [-0.1, -0.05) is 23.8 Å². The van der Waals surface area contributed by atoms with Gasteiger partial charge in [0.05, 0.1) is 11.6 Å². The van der Waals surface area contributed by atoms with E-state index in [1.165, 1.54) is 4.90 Å². The third-order valence-corrected chi connectivity index (χ3v) is 5.29. The highest BCUT2D eigenvalue weighted by Crippen LogP contribution is 2.40. The van der Waals surface area contributed by atoms with Crippen LogP contribution in [0.2, 0.25) is 0 Å². The van der Waals surface area contributed by atoms with Gasteiger partial charge in [-0.05, 0) is 54.8 Å². The number of aryl methyl sites for hydroxylation is 2. The number of aliphatic hydroxyl groups excluding tert-OH is 1. The molecule has 1 unspecified atom stereocenters. The van der Waals surface area contributed by atoms with Crippen molar-refractivity contribution in [3.63, 3.8) is 0 Å². The van der Waals surface area contributed by atoms with Crippen LogP contribution in [0.4, 0.5) is 0 Å². The maximum atomic E-state index is 13.1. The second-order valence-electron chi connectivity index (χ2n) is 7.39. The van der Waals surface area contributed by atoms with Crippen molar-refractivity contribution in [1.82, 2.24) is 14.9 Å². The number of amides is 1. The van der Waals surface area contributed by atoms with Crippen LogP contribution in [0.1, 0.15) is 33.9 Å². The Balaban J connectivity index is 1.89. The summed E-state index contributed by atoms with van der Waals surface area (Å²) in [5.41, 5.74) is 3.92. The molecule has 1 saturated heterocycles. The van der Waals surface area contributed by atoms with Gasteiger partial charge in [-0.25, -0.2) is 0 Å². The number of pyridine rings is 2. The first-order valence-corrected chi connectivity index (χ1v) is 9.62. The highest BCUT2D eigenvalue weighted by molar-refractivity contribution is 6.46. The summed E-state index contributed by atoms with van der Waals surface area (Å²) in [6, 6.07) is 12.1. The van der Waals surface area contributed by atoms with Crippen LogP contribution in [0.15, 0.2) is 72.8 Å². The Morgan fingerprint density at radius 1 is 1.03 bits per heavy atom. The number of aliphatic hydroxyl groups is 1. The van der Waals surface area contributed by atoms with Gasteiger partial charge in [0.15, 0.2) is 0 Å². The third kappa shape index (κ3) is 3.48. The van der Waals surface area contributed by atoms with E-state index < -0.39 is 17.7 Å². The summed E-state index contributed by atoms with van der Waals surface area (Å²) in [5.74, 6) is -1.50. The molecule has 4 rings (SSSR count). The van der Waals surface area contributed by atoms with Crippen molar-refractivity contribution in [3.8, 4) is 0 Å². The summed E-state index contributed by atoms with van der Waals surface area (Å²) >= 11 is 0. The monoisotopic (exact) mass is 399 g/mol. The molecule has 1 N–H and O–H groups in total. The second kappa shape index (κ2) is 7.91. The molecule has 0 radical (unpaired) electrons. The van der Waals surface area contributed by atoms with Crippen molar-refractivity contribution in [2.45, 2.75) is 26.4 Å². The lowest BCUT2D eigenvalue weighted by molar-refractivity contribution is -0.140. The van der Waals surface area contributed by atoms with Crippen LogP contribution >= 0.6 is 0 Å². The molecule has 1 aliphatic rings. The number of likely N-dealkylation sites (tertiary alicyclic amines) is 1. The van der Waals surface area contributed by atoms with Crippen molar-refractivity contribution in [2.24, 2.45) is 0 Å². The molecule has 0 bridgehead atoms. The molecule has 0 spiro atoms. The Hall–Kier alpha value is -3.80. The molecule has 1 atom stereocenters. The first-order valence-electron chi connectivity index (χ1n) is 9.62. The van der Waals surface area contributed by atoms with Crippen LogP contribution in [0, 0.1) is 13.8 Å². The number of carbonyl (C=O) groups excluding carboxylic acids is 2. The normalized spacial score (nSPS) is 18.1. The minimum atomic E-state index is -0.715. The van der Waals surface area contributed by atoms with Gasteiger partial charge in [0.1, 0.15) is 5.76 Å². The van der Waals surface area contributed by atoms with E-state index >= 15 is 0 Å². The molecule has 6 heteroatoms. The summed E-state index contributed by atoms with van der Waals surface area (Å²) in [6.45, 7) is 3.98. The number of nitrogens with zero attached hydrogens (tertiary/aromatic N) is 3. The summed E-state index contributed by atoms with van der Waals surface area (Å²) in [5, 5.41) is 11.2. The molecule has 3 heterocycles. The van der Waals surface area contributed by atoms with Crippen LogP contribution in [0.3, 0.4) is 0 Å². The number of benzene rings is 1. The van der Waals surface area contributed by atoms with Gasteiger partial charge in [-0.15, -0.1) is 0 Å². The van der Waals surface area contributed by atoms with Crippen LogP contribution in [0.25, 0.3) is 5.76 Å². The number of hydrogen-bond donors (Lipinski definition) is 1. The SMILES string of the molecule is Cc1ccc(C)c(C(O)=C2C(=O)C(=O)N(Cc3cccnc3)C2c2ccncc2)c1. The van der Waals surface area contributed by atoms with Crippen molar-refractivity contribution < 1.29 is 14.7 Å². The minimum Gasteiger partial charge on any atom is -0.507 e. The third-order valence-electron chi connectivity index (χ3n) is 5.29. The van der Waals surface area contributed by atoms with Crippen LogP contribution < -0.4 is 0 Å². The molecule has 30 heavy (non-hydrogen) atoms. The molecule has 3 aromatic rings. The van der Waals surface area contributed by atoms with Crippen LogP contribution in [-0.4, -0.2) is 31.7 Å². The van der Waals surface area contributed by atoms with Gasteiger partial charge in [-0.2, -0.15) is 0 Å². The lowest BCUT2D eigenvalue weighted by atomic mass is 9.93. The number of hydrogen-bond acceptors (Lipinski definition) is 5. The zero-order valence-electron chi connectivity index (χ0n) is 16.7. The maximum Gasteiger partial charge on any atom is 0.295 e. The average molecular weight is 399 g/mol. The second-order valence-corrected chi connectivity index (χ2v) is 7.39. The lowest BCUT2D eigenvalue weighted by Crippen LogP contribution is -2.29. The summed E-state index contributed by atoms with van der Waals surface area (Å²) in [7, 11) is 0. The van der Waals surface area contributed by atoms with Crippen LogP contribution in [-0.2, 0) is 16.1 Å². The molecule has 0 saturated carbocycles. The largest absolute Gasteiger partial charge is 0.507 e. The van der Waals surface area contributed by atoms with E-state index in [0.717, 1.165) is 16.7 Å². The molecule has 150 valence electrons. The van der Waals surface area contributed by atoms with Gasteiger partial charge in [-0.3, -0.25) is 19.6 Å². The van der Waals surface area contributed by atoms with Gasteiger partial charge in [0.2, 0.25) is 0 Å². The number of Topliss-reactive ketones (excluding diaryl/α,β-unsaturated/α-hetero) is 1. The van der Waals surface area contributed by atoms with E-state index in [2.05, 4.69) is 9.97 Å². The van der Waals surface area contributed by atoms with E-state index in [0.29, 0.717) is 11.1 Å². The molecular formula is C24H21N3O3. The minimum absolute atomic E-state index is 0.0868. The zero-order chi connectivity index (χ0) is 21.3. The molecule has 2 aromatic heterocycles. The average Bonchev–Trinajstić information content (AvgIpc) is 3.01. The molecule has 1 amide bonds. The molecular weight excluding hydrogens is 378 g/mol. The standard InChI is InChI=1S/C24H21N3O3/c1-15-5-6-16(2)19(12-15)22(28)20-21(18-7-10-25-11-8-18)27(24(30)23(20)29)14-17-4-3-9-26-13-17/h3-13,21,28H,14H2,1-2H3. The maximum absolute atomic E-state index is 13.1. The van der Waals surface area contributed by atoms with E-state index in [4.69, 9.17) is 0 Å². The first kappa shape index (κ1) is 19.5. The molecule has 0 aliphatic carbocycles. The molecule has 1 aromatic carbocycles. The smallest absolute Gasteiger partial charge is 0.295 e. The van der Waals surface area contributed by atoms with E-state index in [1.54, 1.807) is 43.0 Å². The zero-order valence-corrected chi connectivity index (χ0v) is 16.7. The van der Waals surface area contributed by atoms with Gasteiger partial charge < -0.3 is 10.0 Å². The highest BCUT2D eigenvalue weighted by atomic mass is 16.3. The van der Waals surface area contributed by atoms with Crippen molar-refractivity contribution >= 4 is 17.4 Å². The fraction of sp³-hybridized carbons (Fsp3) is 0.167. The number of ketones is 1. The highest BCUT2D eigenvalue weighted by Gasteiger charge is 2.46. The Kier molecular flexibility index (Phi) is 5.14. The van der Waals surface area contributed by atoms with E-state index in [9.17, 15) is 14.7 Å². The predicted molar refractivity (Wildman–Crippen MR) is 112 cm³/mol. The molecule has 6 nitrogen and oxygen atoms in total. The Bertz CT molecular complexity index is 1140. The number of rotatable bonds is 4. The Morgan fingerprint density at radius 2 is 1.80 bits per heavy atom. The number of aromatic nitrogens is 2. The fourth-order valence-electron chi connectivity index (χ4n) is 3.76. The predicted octanol–water partition coefficient (Wildman–Crippen LogP) is 3.72. The topological polar surface area (TPSA) is 83.4 Å². The van der Waals surface area contributed by atoms with E-state index in [-0.39, 0.29) is 17.9 Å². The van der Waals surface area contributed by atoms with Gasteiger partial charge >= 0.3 is 0 Å². The fourth-order valence-corrected chi connectivity index (χ4v) is 3.76. The first-order chi connectivity index (χ1) is 14.5. The number of carbonyl (C=O) groups is 2. The van der Waals surface area contributed by atoms with Crippen molar-refractivity contribution in [3.05, 3.63) is 101 Å². The van der Waals surface area contributed by atoms with Gasteiger partial charge in [0, 0.05) is 36.9 Å².